The minimum atomic E-state index is -0.0925. The fourth-order valence-corrected chi connectivity index (χ4v) is 2.58. The monoisotopic (exact) mass is 246 g/mol. The quantitative estimate of drug-likeness (QED) is 0.588. The Morgan fingerprint density at radius 3 is 2.61 bits per heavy atom. The van der Waals surface area contributed by atoms with Gasteiger partial charge in [0.15, 0.2) is 0 Å². The van der Waals surface area contributed by atoms with Gasteiger partial charge >= 0.3 is 5.97 Å². The average molecular weight is 246 g/mol. The fourth-order valence-electron chi connectivity index (χ4n) is 2.58. The third-order valence-electron chi connectivity index (χ3n) is 3.94. The summed E-state index contributed by atoms with van der Waals surface area (Å²) in [5, 5.41) is 0. The van der Waals surface area contributed by atoms with Crippen LogP contribution < -0.4 is 4.74 Å². The molecule has 1 aliphatic rings. The van der Waals surface area contributed by atoms with Crippen LogP contribution in [-0.4, -0.2) is 5.97 Å². The van der Waals surface area contributed by atoms with Crippen LogP contribution in [0, 0.1) is 19.8 Å². The van der Waals surface area contributed by atoms with Crippen molar-refractivity contribution in [2.45, 2.75) is 52.4 Å². The number of hydrogen-bond acceptors (Lipinski definition) is 2. The van der Waals surface area contributed by atoms with E-state index in [1.807, 2.05) is 25.1 Å². The molecule has 0 N–H and O–H groups in total. The second-order valence-electron chi connectivity index (χ2n) is 5.41. The minimum absolute atomic E-state index is 0.0925. The molecule has 0 atom stereocenters. The van der Waals surface area contributed by atoms with Gasteiger partial charge in [0, 0.05) is 6.42 Å². The molecule has 0 amide bonds. The van der Waals surface area contributed by atoms with Gasteiger partial charge in [0.1, 0.15) is 5.75 Å². The van der Waals surface area contributed by atoms with Gasteiger partial charge in [-0.1, -0.05) is 31.7 Å². The predicted octanol–water partition coefficient (Wildman–Crippen LogP) is 4.18. The van der Waals surface area contributed by atoms with Gasteiger partial charge in [-0.3, -0.25) is 4.79 Å². The van der Waals surface area contributed by atoms with Crippen molar-refractivity contribution in [2.75, 3.05) is 0 Å². The maximum absolute atomic E-state index is 11.7. The Morgan fingerprint density at radius 2 is 1.94 bits per heavy atom. The standard InChI is InChI=1S/C16H22O2/c1-12-7-9-15(11-13(12)2)18-16(17)10-8-14-5-3-4-6-14/h7,9,11,14H,3-6,8,10H2,1-2H3. The third-order valence-corrected chi connectivity index (χ3v) is 3.94. The van der Waals surface area contributed by atoms with Crippen molar-refractivity contribution in [3.63, 3.8) is 0 Å². The van der Waals surface area contributed by atoms with E-state index < -0.39 is 0 Å². The second-order valence-corrected chi connectivity index (χ2v) is 5.41. The Labute approximate surface area is 109 Å². The van der Waals surface area contributed by atoms with Crippen LogP contribution in [0.4, 0.5) is 0 Å². The van der Waals surface area contributed by atoms with Gasteiger partial charge in [-0.2, -0.15) is 0 Å². The SMILES string of the molecule is Cc1ccc(OC(=O)CCC2CCCC2)cc1C. The summed E-state index contributed by atoms with van der Waals surface area (Å²) in [5.74, 6) is 1.33. The minimum Gasteiger partial charge on any atom is -0.427 e. The summed E-state index contributed by atoms with van der Waals surface area (Å²) in [4.78, 5) is 11.7. The number of carbonyl (C=O) groups is 1. The molecule has 2 heteroatoms. The summed E-state index contributed by atoms with van der Waals surface area (Å²) in [6, 6.07) is 5.80. The molecule has 18 heavy (non-hydrogen) atoms. The van der Waals surface area contributed by atoms with Gasteiger partial charge < -0.3 is 4.74 Å². The normalized spacial score (nSPS) is 15.9. The van der Waals surface area contributed by atoms with Crippen molar-refractivity contribution in [3.05, 3.63) is 29.3 Å². The summed E-state index contributed by atoms with van der Waals surface area (Å²) < 4.78 is 5.37. The first kappa shape index (κ1) is 13.1. The van der Waals surface area contributed by atoms with Crippen LogP contribution in [0.3, 0.4) is 0 Å². The highest BCUT2D eigenvalue weighted by Crippen LogP contribution is 2.28. The molecule has 0 heterocycles. The van der Waals surface area contributed by atoms with E-state index >= 15 is 0 Å². The summed E-state index contributed by atoms with van der Waals surface area (Å²) in [6.45, 7) is 4.09. The summed E-state index contributed by atoms with van der Waals surface area (Å²) >= 11 is 0. The third kappa shape index (κ3) is 3.59. The van der Waals surface area contributed by atoms with Gasteiger partial charge in [-0.05, 0) is 49.4 Å². The smallest absolute Gasteiger partial charge is 0.311 e. The van der Waals surface area contributed by atoms with Gasteiger partial charge in [-0.25, -0.2) is 0 Å². The number of ether oxygens (including phenoxy) is 1. The maximum atomic E-state index is 11.7. The Bertz CT molecular complexity index is 417. The Balaban J connectivity index is 1.80. The van der Waals surface area contributed by atoms with Crippen molar-refractivity contribution < 1.29 is 9.53 Å². The number of benzene rings is 1. The van der Waals surface area contributed by atoms with E-state index in [0.29, 0.717) is 12.2 Å². The zero-order valence-corrected chi connectivity index (χ0v) is 11.4. The highest BCUT2D eigenvalue weighted by Gasteiger charge is 2.16. The molecule has 1 saturated carbocycles. The van der Waals surface area contributed by atoms with Gasteiger partial charge in [-0.15, -0.1) is 0 Å². The molecule has 0 spiro atoms. The van der Waals surface area contributed by atoms with Crippen LogP contribution in [-0.2, 0) is 4.79 Å². The molecular formula is C16H22O2. The van der Waals surface area contributed by atoms with E-state index in [4.69, 9.17) is 4.74 Å². The average Bonchev–Trinajstić information content (AvgIpc) is 2.84. The summed E-state index contributed by atoms with van der Waals surface area (Å²) in [7, 11) is 0. The predicted molar refractivity (Wildman–Crippen MR) is 72.7 cm³/mol. The lowest BCUT2D eigenvalue weighted by atomic mass is 10.0. The van der Waals surface area contributed by atoms with E-state index in [-0.39, 0.29) is 5.97 Å². The van der Waals surface area contributed by atoms with Crippen LogP contribution in [0.25, 0.3) is 0 Å². The molecule has 1 aliphatic carbocycles. The van der Waals surface area contributed by atoms with Crippen LogP contribution >= 0.6 is 0 Å². The zero-order chi connectivity index (χ0) is 13.0. The molecule has 1 fully saturated rings. The van der Waals surface area contributed by atoms with Crippen molar-refractivity contribution in [2.24, 2.45) is 5.92 Å². The lowest BCUT2D eigenvalue weighted by molar-refractivity contribution is -0.134. The molecule has 0 aliphatic heterocycles. The van der Waals surface area contributed by atoms with Gasteiger partial charge in [0.05, 0.1) is 0 Å². The van der Waals surface area contributed by atoms with Crippen molar-refractivity contribution in [1.29, 1.82) is 0 Å². The molecule has 1 aromatic rings. The Morgan fingerprint density at radius 1 is 1.22 bits per heavy atom. The highest BCUT2D eigenvalue weighted by molar-refractivity contribution is 5.72. The van der Waals surface area contributed by atoms with Crippen molar-refractivity contribution >= 4 is 5.97 Å². The maximum Gasteiger partial charge on any atom is 0.311 e. The van der Waals surface area contributed by atoms with Crippen LogP contribution in [0.15, 0.2) is 18.2 Å². The first-order valence-corrected chi connectivity index (χ1v) is 6.93. The van der Waals surface area contributed by atoms with E-state index in [2.05, 4.69) is 6.92 Å². The molecule has 2 nitrogen and oxygen atoms in total. The molecular weight excluding hydrogens is 224 g/mol. The molecule has 0 aromatic heterocycles. The first-order chi connectivity index (χ1) is 8.65. The lowest BCUT2D eigenvalue weighted by Crippen LogP contribution is -2.09. The van der Waals surface area contributed by atoms with Crippen molar-refractivity contribution in [3.8, 4) is 5.75 Å². The molecule has 0 radical (unpaired) electrons. The summed E-state index contributed by atoms with van der Waals surface area (Å²) in [5.41, 5.74) is 2.39. The Kier molecular flexibility index (Phi) is 4.40. The number of aryl methyl sites for hydroxylation is 2. The topological polar surface area (TPSA) is 26.3 Å². The van der Waals surface area contributed by atoms with Crippen LogP contribution in [0.2, 0.25) is 0 Å². The molecule has 0 bridgehead atoms. The molecule has 2 rings (SSSR count). The first-order valence-electron chi connectivity index (χ1n) is 6.93. The van der Waals surface area contributed by atoms with Crippen LogP contribution in [0.1, 0.15) is 49.7 Å². The van der Waals surface area contributed by atoms with E-state index in [9.17, 15) is 4.79 Å². The van der Waals surface area contributed by atoms with E-state index in [1.54, 1.807) is 0 Å². The molecule has 98 valence electrons. The number of carbonyl (C=O) groups excluding carboxylic acids is 1. The molecule has 0 saturated heterocycles. The van der Waals surface area contributed by atoms with Crippen molar-refractivity contribution in [1.82, 2.24) is 0 Å². The number of rotatable bonds is 4. The Hall–Kier alpha value is -1.31. The highest BCUT2D eigenvalue weighted by atomic mass is 16.5. The largest absolute Gasteiger partial charge is 0.427 e. The lowest BCUT2D eigenvalue weighted by Gasteiger charge is -2.09. The van der Waals surface area contributed by atoms with E-state index in [0.717, 1.165) is 17.9 Å². The van der Waals surface area contributed by atoms with E-state index in [1.165, 1.54) is 31.2 Å². The zero-order valence-electron chi connectivity index (χ0n) is 11.4. The van der Waals surface area contributed by atoms with Gasteiger partial charge in [0.2, 0.25) is 0 Å². The fraction of sp³-hybridized carbons (Fsp3) is 0.562. The molecule has 0 unspecified atom stereocenters. The number of esters is 1. The van der Waals surface area contributed by atoms with Crippen LogP contribution in [0.5, 0.6) is 5.75 Å². The number of hydrogen-bond donors (Lipinski definition) is 0. The van der Waals surface area contributed by atoms with Gasteiger partial charge in [0.25, 0.3) is 0 Å². The second kappa shape index (κ2) is 6.03. The molecule has 1 aromatic carbocycles. The summed E-state index contributed by atoms with van der Waals surface area (Å²) in [6.07, 6.45) is 6.78.